The lowest BCUT2D eigenvalue weighted by Crippen LogP contribution is -2.36. The van der Waals surface area contributed by atoms with Gasteiger partial charge in [0, 0.05) is 10.0 Å². The van der Waals surface area contributed by atoms with Crippen molar-refractivity contribution in [3.8, 4) is 5.69 Å². The van der Waals surface area contributed by atoms with Crippen molar-refractivity contribution >= 4 is 15.9 Å². The lowest BCUT2D eigenvalue weighted by atomic mass is 10.1. The highest BCUT2D eigenvalue weighted by Gasteiger charge is 2.15. The zero-order chi connectivity index (χ0) is 14.0. The molecule has 1 N–H and O–H groups in total. The minimum Gasteiger partial charge on any atom is -0.305 e. The molecule has 0 saturated carbocycles. The molecule has 5 nitrogen and oxygen atoms in total. The number of nitrogens with zero attached hydrogens (tertiary/aromatic N) is 4. The van der Waals surface area contributed by atoms with Gasteiger partial charge in [0.15, 0.2) is 5.82 Å². The van der Waals surface area contributed by atoms with E-state index in [1.807, 2.05) is 20.8 Å². The molecule has 2 rings (SSSR count). The van der Waals surface area contributed by atoms with Crippen LogP contribution in [0.4, 0.5) is 4.39 Å². The SMILES string of the molecule is CC(C)(C)NCc1nnnn1-c1cc(Br)ccc1F. The van der Waals surface area contributed by atoms with Crippen LogP contribution in [0.2, 0.25) is 0 Å². The highest BCUT2D eigenvalue weighted by atomic mass is 79.9. The van der Waals surface area contributed by atoms with Gasteiger partial charge in [-0.15, -0.1) is 5.10 Å². The molecule has 0 radical (unpaired) electrons. The summed E-state index contributed by atoms with van der Waals surface area (Å²) in [5.41, 5.74) is 0.261. The Morgan fingerprint density at radius 1 is 1.37 bits per heavy atom. The molecule has 0 fully saturated rings. The van der Waals surface area contributed by atoms with Gasteiger partial charge in [0.2, 0.25) is 0 Å². The molecule has 0 aliphatic carbocycles. The lowest BCUT2D eigenvalue weighted by molar-refractivity contribution is 0.414. The van der Waals surface area contributed by atoms with Crippen molar-refractivity contribution in [1.29, 1.82) is 0 Å². The predicted octanol–water partition coefficient (Wildman–Crippen LogP) is 2.45. The minimum atomic E-state index is -0.368. The summed E-state index contributed by atoms with van der Waals surface area (Å²) in [4.78, 5) is 0. The standard InChI is InChI=1S/C12H15BrFN5/c1-12(2,3)15-7-11-16-17-18-19(11)10-6-8(13)4-5-9(10)14/h4-6,15H,7H2,1-3H3. The van der Waals surface area contributed by atoms with Gasteiger partial charge in [-0.05, 0) is 49.4 Å². The van der Waals surface area contributed by atoms with Crippen molar-refractivity contribution in [3.63, 3.8) is 0 Å². The zero-order valence-electron chi connectivity index (χ0n) is 11.0. The maximum atomic E-state index is 13.8. The van der Waals surface area contributed by atoms with Crippen LogP contribution in [0.3, 0.4) is 0 Å². The Labute approximate surface area is 119 Å². The van der Waals surface area contributed by atoms with Gasteiger partial charge in [0.05, 0.1) is 6.54 Å². The Hall–Kier alpha value is -1.34. The molecular weight excluding hydrogens is 313 g/mol. The molecule has 0 spiro atoms. The number of halogens is 2. The van der Waals surface area contributed by atoms with Crippen molar-refractivity contribution in [2.75, 3.05) is 0 Å². The van der Waals surface area contributed by atoms with Gasteiger partial charge in [0.1, 0.15) is 11.5 Å². The lowest BCUT2D eigenvalue weighted by Gasteiger charge is -2.19. The molecule has 1 aromatic carbocycles. The molecule has 7 heteroatoms. The number of rotatable bonds is 3. The summed E-state index contributed by atoms with van der Waals surface area (Å²) in [6.45, 7) is 6.59. The number of nitrogens with one attached hydrogen (secondary N) is 1. The second kappa shape index (κ2) is 5.34. The molecule has 0 amide bonds. The third-order valence-corrected chi connectivity index (χ3v) is 2.94. The first kappa shape index (κ1) is 14.1. The minimum absolute atomic E-state index is 0.0629. The van der Waals surface area contributed by atoms with Gasteiger partial charge >= 0.3 is 0 Å². The number of benzene rings is 1. The third-order valence-electron chi connectivity index (χ3n) is 2.45. The smallest absolute Gasteiger partial charge is 0.170 e. The number of aromatic nitrogens is 4. The fraction of sp³-hybridized carbons (Fsp3) is 0.417. The summed E-state index contributed by atoms with van der Waals surface area (Å²) in [7, 11) is 0. The van der Waals surface area contributed by atoms with E-state index in [-0.39, 0.29) is 11.4 Å². The normalized spacial score (nSPS) is 11.8. The van der Waals surface area contributed by atoms with Crippen LogP contribution < -0.4 is 5.32 Å². The molecule has 0 atom stereocenters. The van der Waals surface area contributed by atoms with Crippen molar-refractivity contribution < 1.29 is 4.39 Å². The Balaban J connectivity index is 2.31. The molecule has 0 saturated heterocycles. The third kappa shape index (κ3) is 3.57. The van der Waals surface area contributed by atoms with E-state index in [1.165, 1.54) is 10.7 Å². The summed E-state index contributed by atoms with van der Waals surface area (Å²) in [5, 5.41) is 14.6. The van der Waals surface area contributed by atoms with Crippen molar-refractivity contribution in [2.24, 2.45) is 0 Å². The van der Waals surface area contributed by atoms with E-state index in [0.717, 1.165) is 4.47 Å². The van der Waals surface area contributed by atoms with Gasteiger partial charge < -0.3 is 5.32 Å². The van der Waals surface area contributed by atoms with Crippen LogP contribution in [-0.4, -0.2) is 25.7 Å². The summed E-state index contributed by atoms with van der Waals surface area (Å²) >= 11 is 3.31. The van der Waals surface area contributed by atoms with Gasteiger partial charge in [-0.2, -0.15) is 4.68 Å². The fourth-order valence-electron chi connectivity index (χ4n) is 1.50. The van der Waals surface area contributed by atoms with Crippen LogP contribution in [0.1, 0.15) is 26.6 Å². The summed E-state index contributed by atoms with van der Waals surface area (Å²) in [6, 6.07) is 4.66. The molecule has 102 valence electrons. The monoisotopic (exact) mass is 327 g/mol. The van der Waals surface area contributed by atoms with E-state index in [1.54, 1.807) is 12.1 Å². The van der Waals surface area contributed by atoms with Crippen LogP contribution >= 0.6 is 15.9 Å². The second-order valence-electron chi connectivity index (χ2n) is 5.21. The van der Waals surface area contributed by atoms with Gasteiger partial charge in [-0.1, -0.05) is 15.9 Å². The Bertz CT molecular complexity index is 576. The molecule has 0 aliphatic heterocycles. The average molecular weight is 328 g/mol. The first-order valence-electron chi connectivity index (χ1n) is 5.84. The van der Waals surface area contributed by atoms with Gasteiger partial charge in [-0.25, -0.2) is 4.39 Å². The first-order valence-corrected chi connectivity index (χ1v) is 6.64. The van der Waals surface area contributed by atoms with Crippen LogP contribution in [0.5, 0.6) is 0 Å². The van der Waals surface area contributed by atoms with E-state index in [9.17, 15) is 4.39 Å². The van der Waals surface area contributed by atoms with E-state index in [4.69, 9.17) is 0 Å². The molecule has 1 aromatic heterocycles. The Kier molecular flexibility index (Phi) is 3.96. The summed E-state index contributed by atoms with van der Waals surface area (Å²) in [5.74, 6) is 0.194. The van der Waals surface area contributed by atoms with Crippen molar-refractivity contribution in [2.45, 2.75) is 32.9 Å². The van der Waals surface area contributed by atoms with E-state index < -0.39 is 0 Å². The molecule has 1 heterocycles. The van der Waals surface area contributed by atoms with Gasteiger partial charge in [0.25, 0.3) is 0 Å². The largest absolute Gasteiger partial charge is 0.305 e. The van der Waals surface area contributed by atoms with Crippen LogP contribution in [0, 0.1) is 5.82 Å². The predicted molar refractivity (Wildman–Crippen MR) is 73.4 cm³/mol. The Morgan fingerprint density at radius 3 is 2.79 bits per heavy atom. The second-order valence-corrected chi connectivity index (χ2v) is 6.12. The maximum absolute atomic E-state index is 13.8. The number of hydrogen-bond donors (Lipinski definition) is 1. The highest BCUT2D eigenvalue weighted by molar-refractivity contribution is 9.10. The molecule has 2 aromatic rings. The topological polar surface area (TPSA) is 55.6 Å². The molecule has 19 heavy (non-hydrogen) atoms. The summed E-state index contributed by atoms with van der Waals surface area (Å²) in [6.07, 6.45) is 0. The molecular formula is C12H15BrFN5. The first-order chi connectivity index (χ1) is 8.87. The highest BCUT2D eigenvalue weighted by Crippen LogP contribution is 2.19. The molecule has 0 aliphatic rings. The van der Waals surface area contributed by atoms with Crippen LogP contribution in [-0.2, 0) is 6.54 Å². The Morgan fingerprint density at radius 2 is 2.11 bits per heavy atom. The van der Waals surface area contributed by atoms with E-state index in [0.29, 0.717) is 18.1 Å². The van der Waals surface area contributed by atoms with Crippen molar-refractivity contribution in [3.05, 3.63) is 34.3 Å². The summed E-state index contributed by atoms with van der Waals surface area (Å²) < 4.78 is 16.0. The average Bonchev–Trinajstić information content (AvgIpc) is 2.77. The zero-order valence-corrected chi connectivity index (χ0v) is 12.6. The van der Waals surface area contributed by atoms with Crippen LogP contribution in [0.15, 0.2) is 22.7 Å². The quantitative estimate of drug-likeness (QED) is 0.940. The molecule has 0 unspecified atom stereocenters. The molecule has 0 bridgehead atoms. The van der Waals surface area contributed by atoms with E-state index in [2.05, 4.69) is 36.8 Å². The van der Waals surface area contributed by atoms with Gasteiger partial charge in [-0.3, -0.25) is 0 Å². The fourth-order valence-corrected chi connectivity index (χ4v) is 1.84. The van der Waals surface area contributed by atoms with Crippen molar-refractivity contribution in [1.82, 2.24) is 25.5 Å². The van der Waals surface area contributed by atoms with E-state index >= 15 is 0 Å². The van der Waals surface area contributed by atoms with Crippen LogP contribution in [0.25, 0.3) is 5.69 Å². The maximum Gasteiger partial charge on any atom is 0.170 e. The number of tetrazole rings is 1. The number of hydrogen-bond acceptors (Lipinski definition) is 4.